The molecule has 1 aromatic rings. The summed E-state index contributed by atoms with van der Waals surface area (Å²) in [6.45, 7) is 1.86. The van der Waals surface area contributed by atoms with E-state index in [1.54, 1.807) is 6.92 Å². The van der Waals surface area contributed by atoms with E-state index < -0.39 is 23.4 Å². The van der Waals surface area contributed by atoms with Gasteiger partial charge in [0.05, 0.1) is 13.0 Å². The van der Waals surface area contributed by atoms with E-state index in [0.717, 1.165) is 12.1 Å². The van der Waals surface area contributed by atoms with E-state index in [2.05, 4.69) is 4.74 Å². The summed E-state index contributed by atoms with van der Waals surface area (Å²) < 4.78 is 30.1. The molecule has 0 atom stereocenters. The molecule has 0 aromatic heterocycles. The highest BCUT2D eigenvalue weighted by molar-refractivity contribution is 5.72. The molecule has 15 heavy (non-hydrogen) atoms. The predicted octanol–water partition coefficient (Wildman–Crippen LogP) is 1.78. The fourth-order valence-corrected chi connectivity index (χ4v) is 1.11. The standard InChI is InChI=1S/C10H10F2O3/c1-2-15-9(14)5-6-3-7(11)10(12)8(13)4-6/h3-4,13H,2,5H2,1H3. The van der Waals surface area contributed by atoms with E-state index in [0.29, 0.717) is 0 Å². The number of ether oxygens (including phenoxy) is 1. The SMILES string of the molecule is CCOC(=O)Cc1cc(O)c(F)c(F)c1. The van der Waals surface area contributed by atoms with Gasteiger partial charge in [0.1, 0.15) is 0 Å². The second kappa shape index (κ2) is 4.72. The normalized spacial score (nSPS) is 10.1. The first-order valence-electron chi connectivity index (χ1n) is 4.37. The van der Waals surface area contributed by atoms with Gasteiger partial charge in [0, 0.05) is 0 Å². The molecule has 0 unspecified atom stereocenters. The summed E-state index contributed by atoms with van der Waals surface area (Å²) in [5, 5.41) is 8.96. The van der Waals surface area contributed by atoms with Crippen LogP contribution in [0.25, 0.3) is 0 Å². The van der Waals surface area contributed by atoms with Crippen molar-refractivity contribution >= 4 is 5.97 Å². The van der Waals surface area contributed by atoms with Crippen LogP contribution >= 0.6 is 0 Å². The van der Waals surface area contributed by atoms with Crippen molar-refractivity contribution < 1.29 is 23.4 Å². The second-order valence-corrected chi connectivity index (χ2v) is 2.89. The number of carbonyl (C=O) groups is 1. The van der Waals surface area contributed by atoms with Crippen LogP contribution in [-0.4, -0.2) is 17.7 Å². The van der Waals surface area contributed by atoms with Crippen molar-refractivity contribution in [2.45, 2.75) is 13.3 Å². The van der Waals surface area contributed by atoms with Crippen LogP contribution in [0.4, 0.5) is 8.78 Å². The monoisotopic (exact) mass is 216 g/mol. The molecule has 0 spiro atoms. The average Bonchev–Trinajstić information content (AvgIpc) is 2.14. The van der Waals surface area contributed by atoms with E-state index in [9.17, 15) is 13.6 Å². The maximum absolute atomic E-state index is 12.8. The molecular weight excluding hydrogens is 206 g/mol. The van der Waals surface area contributed by atoms with Gasteiger partial charge in [0.15, 0.2) is 17.4 Å². The highest BCUT2D eigenvalue weighted by Crippen LogP contribution is 2.20. The third kappa shape index (κ3) is 2.90. The predicted molar refractivity (Wildman–Crippen MR) is 48.4 cm³/mol. The molecule has 3 nitrogen and oxygen atoms in total. The minimum absolute atomic E-state index is 0.171. The Labute approximate surface area is 85.3 Å². The molecule has 82 valence electrons. The molecule has 0 aliphatic rings. The van der Waals surface area contributed by atoms with Gasteiger partial charge in [-0.05, 0) is 24.6 Å². The zero-order chi connectivity index (χ0) is 11.4. The van der Waals surface area contributed by atoms with E-state index >= 15 is 0 Å². The van der Waals surface area contributed by atoms with Crippen molar-refractivity contribution in [1.29, 1.82) is 0 Å². The average molecular weight is 216 g/mol. The lowest BCUT2D eigenvalue weighted by atomic mass is 10.1. The van der Waals surface area contributed by atoms with Crippen molar-refractivity contribution in [1.82, 2.24) is 0 Å². The topological polar surface area (TPSA) is 46.5 Å². The van der Waals surface area contributed by atoms with Crippen molar-refractivity contribution in [2.75, 3.05) is 6.61 Å². The van der Waals surface area contributed by atoms with Gasteiger partial charge >= 0.3 is 5.97 Å². The summed E-state index contributed by atoms with van der Waals surface area (Å²) in [6, 6.07) is 1.85. The lowest BCUT2D eigenvalue weighted by Crippen LogP contribution is -2.07. The fourth-order valence-electron chi connectivity index (χ4n) is 1.11. The van der Waals surface area contributed by atoms with Gasteiger partial charge in [-0.25, -0.2) is 4.39 Å². The maximum Gasteiger partial charge on any atom is 0.310 e. The number of rotatable bonds is 3. The second-order valence-electron chi connectivity index (χ2n) is 2.89. The van der Waals surface area contributed by atoms with Gasteiger partial charge in [0.2, 0.25) is 0 Å². The van der Waals surface area contributed by atoms with E-state index in [-0.39, 0.29) is 18.6 Å². The first-order valence-corrected chi connectivity index (χ1v) is 4.37. The van der Waals surface area contributed by atoms with Crippen LogP contribution in [0.15, 0.2) is 12.1 Å². The highest BCUT2D eigenvalue weighted by atomic mass is 19.2. The molecule has 1 aromatic carbocycles. The van der Waals surface area contributed by atoms with Gasteiger partial charge in [0.25, 0.3) is 0 Å². The largest absolute Gasteiger partial charge is 0.505 e. The molecule has 5 heteroatoms. The molecule has 1 N–H and O–H groups in total. The molecule has 0 amide bonds. The highest BCUT2D eigenvalue weighted by Gasteiger charge is 2.12. The Morgan fingerprint density at radius 3 is 2.67 bits per heavy atom. The molecular formula is C10H10F2O3. The van der Waals surface area contributed by atoms with Crippen LogP contribution in [-0.2, 0) is 16.0 Å². The van der Waals surface area contributed by atoms with E-state index in [1.807, 2.05) is 0 Å². The number of phenolic OH excluding ortho intramolecular Hbond substituents is 1. The number of aromatic hydroxyl groups is 1. The third-order valence-electron chi connectivity index (χ3n) is 1.72. The van der Waals surface area contributed by atoms with Gasteiger partial charge in [-0.1, -0.05) is 0 Å². The van der Waals surface area contributed by atoms with Crippen LogP contribution in [0.1, 0.15) is 12.5 Å². The number of benzene rings is 1. The lowest BCUT2D eigenvalue weighted by molar-refractivity contribution is -0.142. The van der Waals surface area contributed by atoms with E-state index in [4.69, 9.17) is 5.11 Å². The number of hydrogen-bond acceptors (Lipinski definition) is 3. The molecule has 0 bridgehead atoms. The number of phenols is 1. The van der Waals surface area contributed by atoms with Crippen molar-refractivity contribution in [3.63, 3.8) is 0 Å². The lowest BCUT2D eigenvalue weighted by Gasteiger charge is -2.03. The Morgan fingerprint density at radius 2 is 2.13 bits per heavy atom. The summed E-state index contributed by atoms with van der Waals surface area (Å²) in [7, 11) is 0. The number of halogens is 2. The Bertz CT molecular complexity index is 354. The van der Waals surface area contributed by atoms with Crippen LogP contribution in [0.2, 0.25) is 0 Å². The summed E-state index contributed by atoms with van der Waals surface area (Å²) in [6.07, 6.45) is -0.196. The summed E-state index contributed by atoms with van der Waals surface area (Å²) >= 11 is 0. The van der Waals surface area contributed by atoms with Crippen LogP contribution in [0.5, 0.6) is 5.75 Å². The molecule has 0 heterocycles. The first kappa shape index (κ1) is 11.4. The molecule has 0 saturated carbocycles. The van der Waals surface area contributed by atoms with Gasteiger partial charge < -0.3 is 9.84 Å². The molecule has 0 aliphatic carbocycles. The van der Waals surface area contributed by atoms with Crippen molar-refractivity contribution in [2.24, 2.45) is 0 Å². The zero-order valence-electron chi connectivity index (χ0n) is 8.09. The minimum atomic E-state index is -1.32. The first-order chi connectivity index (χ1) is 7.04. The van der Waals surface area contributed by atoms with Gasteiger partial charge in [-0.3, -0.25) is 4.79 Å². The Kier molecular flexibility index (Phi) is 3.60. The third-order valence-corrected chi connectivity index (χ3v) is 1.72. The number of hydrogen-bond donors (Lipinski definition) is 1. The van der Waals surface area contributed by atoms with E-state index in [1.165, 1.54) is 0 Å². The number of esters is 1. The van der Waals surface area contributed by atoms with Crippen LogP contribution in [0, 0.1) is 11.6 Å². The van der Waals surface area contributed by atoms with Gasteiger partial charge in [-0.2, -0.15) is 4.39 Å². The smallest absolute Gasteiger partial charge is 0.310 e. The quantitative estimate of drug-likeness (QED) is 0.783. The maximum atomic E-state index is 12.8. The number of carbonyl (C=O) groups excluding carboxylic acids is 1. The van der Waals surface area contributed by atoms with Crippen LogP contribution in [0.3, 0.4) is 0 Å². The molecule has 0 aliphatic heterocycles. The minimum Gasteiger partial charge on any atom is -0.505 e. The molecule has 0 fully saturated rings. The fraction of sp³-hybridized carbons (Fsp3) is 0.300. The summed E-state index contributed by atoms with van der Waals surface area (Å²) in [5.41, 5.74) is 0.171. The molecule has 1 rings (SSSR count). The zero-order valence-corrected chi connectivity index (χ0v) is 8.09. The summed E-state index contributed by atoms with van der Waals surface area (Å²) in [4.78, 5) is 11.0. The van der Waals surface area contributed by atoms with Crippen LogP contribution < -0.4 is 0 Å². The summed E-state index contributed by atoms with van der Waals surface area (Å²) in [5.74, 6) is -3.87. The molecule has 0 saturated heterocycles. The van der Waals surface area contributed by atoms with Gasteiger partial charge in [-0.15, -0.1) is 0 Å². The van der Waals surface area contributed by atoms with Crippen molar-refractivity contribution in [3.05, 3.63) is 29.3 Å². The molecule has 0 radical (unpaired) electrons. The Balaban J connectivity index is 2.83. The Morgan fingerprint density at radius 1 is 1.47 bits per heavy atom. The van der Waals surface area contributed by atoms with Crippen molar-refractivity contribution in [3.8, 4) is 5.75 Å². The Hall–Kier alpha value is -1.65.